The average Bonchev–Trinajstić information content (AvgIpc) is 0. The van der Waals surface area contributed by atoms with Gasteiger partial charge in [-0.15, -0.1) is 0 Å². The molecule has 5 heavy (non-hydrogen) atoms. The maximum Gasteiger partial charge on any atom is 0 e. The maximum absolute atomic E-state index is 0. The van der Waals surface area contributed by atoms with Crippen LogP contribution in [0.5, 0.6) is 0 Å². The van der Waals surface area contributed by atoms with Gasteiger partial charge >= 0.3 is 49.8 Å². The first-order chi connectivity index (χ1) is 0. The molecule has 0 aliphatic heterocycles. The summed E-state index contributed by atoms with van der Waals surface area (Å²) >= 11 is 0. The van der Waals surface area contributed by atoms with E-state index in [-0.39, 0.29) is 82.4 Å². The Balaban J connectivity index is 0. The van der Waals surface area contributed by atoms with Gasteiger partial charge in [0, 0.05) is 21.7 Å². The van der Waals surface area contributed by atoms with Crippen LogP contribution >= 0.6 is 0 Å². The van der Waals surface area contributed by atoms with E-state index in [0.717, 1.165) is 0 Å². The molecule has 0 bridgehead atoms. The minimum Gasteiger partial charge on any atom is 0 e. The molecule has 2 radical (unpaired) electrons. The van der Waals surface area contributed by atoms with Crippen LogP contribution < -0.4 is 0 Å². The van der Waals surface area contributed by atoms with Gasteiger partial charge in [0.2, 0.25) is 0 Å². The summed E-state index contributed by atoms with van der Waals surface area (Å²) in [5.41, 5.74) is 0. The summed E-state index contributed by atoms with van der Waals surface area (Å²) in [5.74, 6) is 0. The second-order valence-corrected chi connectivity index (χ2v) is 0. The molecule has 0 aliphatic carbocycles. The van der Waals surface area contributed by atoms with E-state index < -0.39 is 0 Å². The Kier molecular flexibility index (Phi) is 366. The predicted molar refractivity (Wildman–Crippen MR) is 25.7 cm³/mol. The largest absolute Gasteiger partial charge is 0 e. The van der Waals surface area contributed by atoms with Crippen molar-refractivity contribution in [2.24, 2.45) is 0 Å². The van der Waals surface area contributed by atoms with Gasteiger partial charge in [0.25, 0.3) is 0 Å². The van der Waals surface area contributed by atoms with Crippen LogP contribution in [0.15, 0.2) is 0 Å². The Morgan fingerprint density at radius 2 is 0.800 bits per heavy atom. The number of rotatable bonds is 0. The zero-order valence-electron chi connectivity index (χ0n) is 2.21. The molecule has 0 aromatic rings. The molecule has 4 N–H and O–H groups in total. The zero-order chi connectivity index (χ0) is 0. The molecular formula is H9InO2SnTi. The standard InChI is InChI=1S/In.2H2O.Sn.Ti.5H/h;2*1H2;;;;;;;. The summed E-state index contributed by atoms with van der Waals surface area (Å²) in [6.07, 6.45) is 0. The monoisotopic (exact) mass is 324 g/mol. The van der Waals surface area contributed by atoms with Gasteiger partial charge in [0.1, 0.15) is 0 Å². The van der Waals surface area contributed by atoms with Gasteiger partial charge in [0.05, 0.1) is 0 Å². The van der Waals surface area contributed by atoms with Gasteiger partial charge in [-0.2, -0.15) is 0 Å². The van der Waals surface area contributed by atoms with Crippen LogP contribution in [-0.4, -0.2) is 60.7 Å². The second-order valence-electron chi connectivity index (χ2n) is 0. The molecule has 0 saturated carbocycles. The molecule has 0 spiro atoms. The third-order valence-corrected chi connectivity index (χ3v) is 0. The van der Waals surface area contributed by atoms with Gasteiger partial charge in [-0.1, -0.05) is 0 Å². The van der Waals surface area contributed by atoms with Crippen molar-refractivity contribution in [1.82, 2.24) is 0 Å². The first-order valence-corrected chi connectivity index (χ1v) is 0. The van der Waals surface area contributed by atoms with Crippen molar-refractivity contribution in [3.05, 3.63) is 0 Å². The molecule has 0 atom stereocenters. The van der Waals surface area contributed by atoms with E-state index in [9.17, 15) is 0 Å². The number of hydrogen-bond donors (Lipinski definition) is 0. The minimum atomic E-state index is 0. The van der Waals surface area contributed by atoms with Crippen molar-refractivity contribution in [3.63, 3.8) is 0 Å². The van der Waals surface area contributed by atoms with Crippen molar-refractivity contribution >= 4 is 49.8 Å². The van der Waals surface area contributed by atoms with Gasteiger partial charge in [-0.25, -0.2) is 0 Å². The Bertz CT molecular complexity index is 9.61. The SMILES string of the molecule is O.O.[InH3].[SnH2].[Ti]. The molecule has 0 amide bonds. The van der Waals surface area contributed by atoms with Crippen molar-refractivity contribution in [2.45, 2.75) is 0 Å². The van der Waals surface area contributed by atoms with Crippen LogP contribution in [0.4, 0.5) is 0 Å². The fraction of sp³-hybridized carbons (Fsp3) is 0. The Hall–Kier alpha value is 2.30. The first kappa shape index (κ1) is 54.7. The average molecular weight is 322 g/mol. The van der Waals surface area contributed by atoms with Gasteiger partial charge in [-0.05, 0) is 0 Å². The van der Waals surface area contributed by atoms with Gasteiger partial charge in [-0.3, -0.25) is 0 Å². The summed E-state index contributed by atoms with van der Waals surface area (Å²) in [7, 11) is 0. The molecule has 0 unspecified atom stereocenters. The quantitative estimate of drug-likeness (QED) is 0.412. The van der Waals surface area contributed by atoms with Gasteiger partial charge < -0.3 is 11.0 Å². The molecule has 5 heteroatoms. The predicted octanol–water partition coefficient (Wildman–Crippen LogP) is -3.75. The van der Waals surface area contributed by atoms with E-state index in [1.54, 1.807) is 0 Å². The molecule has 0 rings (SSSR count). The molecule has 0 fully saturated rings. The van der Waals surface area contributed by atoms with Crippen molar-refractivity contribution in [3.8, 4) is 0 Å². The van der Waals surface area contributed by atoms with Gasteiger partial charge in [0.15, 0.2) is 0 Å². The summed E-state index contributed by atoms with van der Waals surface area (Å²) in [6.45, 7) is 0. The third kappa shape index (κ3) is 22.0. The smallest absolute Gasteiger partial charge is 0 e. The van der Waals surface area contributed by atoms with Crippen molar-refractivity contribution in [2.75, 3.05) is 0 Å². The normalized spacial score (nSPS) is 0. The van der Waals surface area contributed by atoms with Crippen molar-refractivity contribution in [1.29, 1.82) is 0 Å². The molecular weight excluding hydrogens is 313 g/mol. The molecule has 0 aliphatic rings. The molecule has 0 saturated heterocycles. The van der Waals surface area contributed by atoms with E-state index >= 15 is 0 Å². The van der Waals surface area contributed by atoms with Crippen LogP contribution in [0.25, 0.3) is 0 Å². The Morgan fingerprint density at radius 3 is 0.800 bits per heavy atom. The van der Waals surface area contributed by atoms with Crippen molar-refractivity contribution < 1.29 is 32.7 Å². The number of hydrogen-bond acceptors (Lipinski definition) is 0. The molecule has 0 heterocycles. The topological polar surface area (TPSA) is 63.0 Å². The first-order valence-electron chi connectivity index (χ1n) is 0. The molecule has 2 nitrogen and oxygen atoms in total. The maximum atomic E-state index is 0. The fourth-order valence-electron chi connectivity index (χ4n) is 0. The van der Waals surface area contributed by atoms with E-state index in [0.29, 0.717) is 0 Å². The summed E-state index contributed by atoms with van der Waals surface area (Å²) in [4.78, 5) is 0. The minimum absolute atomic E-state index is 0. The van der Waals surface area contributed by atoms with Crippen LogP contribution in [0, 0.1) is 0 Å². The molecule has 32 valence electrons. The Morgan fingerprint density at radius 1 is 0.800 bits per heavy atom. The van der Waals surface area contributed by atoms with Crippen LogP contribution in [0.3, 0.4) is 0 Å². The zero-order valence-corrected chi connectivity index (χ0v) is 7.80. The van der Waals surface area contributed by atoms with E-state index in [1.165, 1.54) is 0 Å². The van der Waals surface area contributed by atoms with Crippen LogP contribution in [-0.2, 0) is 21.7 Å². The molecule has 0 aromatic heterocycles. The summed E-state index contributed by atoms with van der Waals surface area (Å²) < 4.78 is 0. The third-order valence-electron chi connectivity index (χ3n) is 0. The van der Waals surface area contributed by atoms with E-state index in [1.807, 2.05) is 0 Å². The van der Waals surface area contributed by atoms with E-state index in [2.05, 4.69) is 0 Å². The van der Waals surface area contributed by atoms with Crippen LogP contribution in [0.1, 0.15) is 0 Å². The Labute approximate surface area is 81.3 Å². The summed E-state index contributed by atoms with van der Waals surface area (Å²) in [5, 5.41) is 0. The summed E-state index contributed by atoms with van der Waals surface area (Å²) in [6, 6.07) is 0. The van der Waals surface area contributed by atoms with E-state index in [4.69, 9.17) is 0 Å². The second kappa shape index (κ2) is 33.4. The van der Waals surface area contributed by atoms with Crippen LogP contribution in [0.2, 0.25) is 0 Å². The molecule has 0 aromatic carbocycles. The fourth-order valence-corrected chi connectivity index (χ4v) is 0.